The molecule has 0 saturated heterocycles. The summed E-state index contributed by atoms with van der Waals surface area (Å²) < 4.78 is 40.3. The summed E-state index contributed by atoms with van der Waals surface area (Å²) in [5.74, 6) is 0.600. The van der Waals surface area contributed by atoms with E-state index in [1.165, 1.54) is 29.7 Å². The lowest BCUT2D eigenvalue weighted by molar-refractivity contribution is -0.137. The first-order chi connectivity index (χ1) is 15.4. The van der Waals surface area contributed by atoms with Crippen LogP contribution in [0.15, 0.2) is 61.1 Å². The number of anilines is 2. The Morgan fingerprint density at radius 1 is 0.970 bits per heavy atom. The minimum Gasteiger partial charge on any atom is -0.340 e. The monoisotopic (exact) mass is 471 g/mol. The summed E-state index contributed by atoms with van der Waals surface area (Å²) in [6.45, 7) is 1.94. The molecule has 1 aliphatic heterocycles. The van der Waals surface area contributed by atoms with Gasteiger partial charge >= 0.3 is 6.18 Å². The molecule has 1 aliphatic rings. The maximum Gasteiger partial charge on any atom is 0.418 e. The highest BCUT2D eigenvalue weighted by Crippen LogP contribution is 2.37. The van der Waals surface area contributed by atoms with Gasteiger partial charge in [0, 0.05) is 35.9 Å². The van der Waals surface area contributed by atoms with Crippen molar-refractivity contribution in [1.82, 2.24) is 19.9 Å². The van der Waals surface area contributed by atoms with Gasteiger partial charge in [-0.2, -0.15) is 13.2 Å². The third-order valence-corrected chi connectivity index (χ3v) is 5.70. The molecule has 2 aromatic carbocycles. The second kappa shape index (κ2) is 8.96. The van der Waals surface area contributed by atoms with Gasteiger partial charge < -0.3 is 10.2 Å². The van der Waals surface area contributed by atoms with Gasteiger partial charge in [0.1, 0.15) is 12.1 Å². The predicted molar refractivity (Wildman–Crippen MR) is 125 cm³/mol. The van der Waals surface area contributed by atoms with Gasteiger partial charge in [0.2, 0.25) is 0 Å². The molecule has 5 nitrogen and oxygen atoms in total. The van der Waals surface area contributed by atoms with Gasteiger partial charge in [-0.15, -0.1) is 12.4 Å². The molecule has 0 fully saturated rings. The largest absolute Gasteiger partial charge is 0.418 e. The standard InChI is InChI=1S/C24H20F3N5.ClH/c1-32-10-8-15-4-6-18(11-17(15)13-32)31-23-19-7-5-16(12-21(19)29-14-30-23)22-20(24(25,26)27)3-2-9-28-22;/h2-7,9,11-12,14H,8,10,13H2,1H3,(H,29,30,31);1H. The molecule has 5 rings (SSSR count). The topological polar surface area (TPSA) is 53.9 Å². The molecule has 0 atom stereocenters. The molecule has 170 valence electrons. The molecule has 33 heavy (non-hydrogen) atoms. The molecule has 0 saturated carbocycles. The number of fused-ring (bicyclic) bond motifs is 2. The highest BCUT2D eigenvalue weighted by Gasteiger charge is 2.34. The van der Waals surface area contributed by atoms with Crippen molar-refractivity contribution >= 4 is 34.8 Å². The number of hydrogen-bond acceptors (Lipinski definition) is 5. The van der Waals surface area contributed by atoms with Crippen LogP contribution in [0.25, 0.3) is 22.2 Å². The van der Waals surface area contributed by atoms with Crippen LogP contribution in [0, 0.1) is 0 Å². The van der Waals surface area contributed by atoms with E-state index in [1.807, 2.05) is 6.07 Å². The van der Waals surface area contributed by atoms with Crippen molar-refractivity contribution < 1.29 is 13.2 Å². The van der Waals surface area contributed by atoms with E-state index >= 15 is 0 Å². The summed E-state index contributed by atoms with van der Waals surface area (Å²) in [7, 11) is 2.10. The molecule has 0 radical (unpaired) electrons. The number of benzene rings is 2. The van der Waals surface area contributed by atoms with E-state index in [4.69, 9.17) is 0 Å². The summed E-state index contributed by atoms with van der Waals surface area (Å²) in [4.78, 5) is 14.9. The molecular formula is C24H21ClF3N5. The average molecular weight is 472 g/mol. The Labute approximate surface area is 195 Å². The first-order valence-electron chi connectivity index (χ1n) is 10.2. The zero-order chi connectivity index (χ0) is 22.3. The molecule has 3 heterocycles. The van der Waals surface area contributed by atoms with Crippen LogP contribution < -0.4 is 5.32 Å². The Kier molecular flexibility index (Phi) is 6.23. The molecule has 0 spiro atoms. The zero-order valence-electron chi connectivity index (χ0n) is 17.7. The Hall–Kier alpha value is -3.23. The van der Waals surface area contributed by atoms with E-state index in [0.29, 0.717) is 16.9 Å². The third kappa shape index (κ3) is 4.62. The van der Waals surface area contributed by atoms with Gasteiger partial charge in [-0.1, -0.05) is 12.1 Å². The van der Waals surface area contributed by atoms with E-state index < -0.39 is 11.7 Å². The van der Waals surface area contributed by atoms with Gasteiger partial charge in [0.15, 0.2) is 0 Å². The van der Waals surface area contributed by atoms with Crippen LogP contribution in [0.3, 0.4) is 0 Å². The number of hydrogen-bond donors (Lipinski definition) is 1. The van der Waals surface area contributed by atoms with Crippen LogP contribution in [0.1, 0.15) is 16.7 Å². The number of likely N-dealkylation sites (N-methyl/N-ethyl adjacent to an activating group) is 1. The molecule has 0 amide bonds. The normalized spacial score (nSPS) is 13.9. The molecular weight excluding hydrogens is 451 g/mol. The van der Waals surface area contributed by atoms with Crippen LogP contribution in [-0.2, 0) is 19.1 Å². The minimum atomic E-state index is -4.49. The number of pyridine rings is 1. The lowest BCUT2D eigenvalue weighted by atomic mass is 9.99. The fourth-order valence-corrected chi connectivity index (χ4v) is 4.08. The smallest absolute Gasteiger partial charge is 0.340 e. The van der Waals surface area contributed by atoms with Crippen LogP contribution in [0.4, 0.5) is 24.7 Å². The van der Waals surface area contributed by atoms with E-state index in [0.717, 1.165) is 36.7 Å². The number of halogens is 4. The zero-order valence-corrected chi connectivity index (χ0v) is 18.5. The fourth-order valence-electron chi connectivity index (χ4n) is 4.08. The second-order valence-electron chi connectivity index (χ2n) is 7.95. The van der Waals surface area contributed by atoms with Crippen molar-refractivity contribution in [2.45, 2.75) is 19.1 Å². The van der Waals surface area contributed by atoms with E-state index in [2.05, 4.69) is 44.3 Å². The van der Waals surface area contributed by atoms with Crippen molar-refractivity contribution in [1.29, 1.82) is 0 Å². The lowest BCUT2D eigenvalue weighted by Crippen LogP contribution is -2.26. The summed E-state index contributed by atoms with van der Waals surface area (Å²) in [5, 5.41) is 4.06. The Bertz CT molecular complexity index is 1310. The van der Waals surface area contributed by atoms with Crippen molar-refractivity contribution in [3.63, 3.8) is 0 Å². The number of rotatable bonds is 3. The predicted octanol–water partition coefficient (Wildman–Crippen LogP) is 5.86. The quantitative estimate of drug-likeness (QED) is 0.405. The van der Waals surface area contributed by atoms with Crippen molar-refractivity contribution in [3.05, 3.63) is 77.7 Å². The molecule has 0 unspecified atom stereocenters. The SMILES string of the molecule is CN1CCc2ccc(Nc3ncnc4cc(-c5ncccc5C(F)(F)F)ccc34)cc2C1.Cl. The van der Waals surface area contributed by atoms with Gasteiger partial charge in [-0.05, 0) is 61.0 Å². The first kappa shape index (κ1) is 22.9. The summed E-state index contributed by atoms with van der Waals surface area (Å²) in [5.41, 5.74) is 3.54. The lowest BCUT2D eigenvalue weighted by Gasteiger charge is -2.25. The van der Waals surface area contributed by atoms with Gasteiger partial charge in [-0.3, -0.25) is 4.98 Å². The van der Waals surface area contributed by atoms with Gasteiger partial charge in [0.25, 0.3) is 0 Å². The fraction of sp³-hybridized carbons (Fsp3) is 0.208. The van der Waals surface area contributed by atoms with Gasteiger partial charge in [-0.25, -0.2) is 9.97 Å². The van der Waals surface area contributed by atoms with E-state index in [-0.39, 0.29) is 18.1 Å². The van der Waals surface area contributed by atoms with Crippen molar-refractivity contribution in [2.24, 2.45) is 0 Å². The molecule has 2 aromatic heterocycles. The molecule has 4 aromatic rings. The summed E-state index contributed by atoms with van der Waals surface area (Å²) in [6.07, 6.45) is -0.699. The van der Waals surface area contributed by atoms with Crippen LogP contribution >= 0.6 is 12.4 Å². The van der Waals surface area contributed by atoms with Crippen molar-refractivity contribution in [3.8, 4) is 11.3 Å². The molecule has 9 heteroatoms. The maximum atomic E-state index is 13.4. The number of nitrogens with zero attached hydrogens (tertiary/aromatic N) is 4. The third-order valence-electron chi connectivity index (χ3n) is 5.70. The molecule has 1 N–H and O–H groups in total. The Balaban J connectivity index is 0.00000259. The highest BCUT2D eigenvalue weighted by atomic mass is 35.5. The minimum absolute atomic E-state index is 0. The number of aromatic nitrogens is 3. The Morgan fingerprint density at radius 2 is 1.82 bits per heavy atom. The van der Waals surface area contributed by atoms with E-state index in [9.17, 15) is 13.2 Å². The average Bonchev–Trinajstić information content (AvgIpc) is 2.78. The van der Waals surface area contributed by atoms with Crippen LogP contribution in [0.5, 0.6) is 0 Å². The van der Waals surface area contributed by atoms with Crippen LogP contribution in [0.2, 0.25) is 0 Å². The summed E-state index contributed by atoms with van der Waals surface area (Å²) >= 11 is 0. The number of nitrogens with one attached hydrogen (secondary N) is 1. The molecule has 0 aliphatic carbocycles. The van der Waals surface area contributed by atoms with E-state index in [1.54, 1.807) is 18.2 Å². The molecule has 0 bridgehead atoms. The van der Waals surface area contributed by atoms with Gasteiger partial charge in [0.05, 0.1) is 16.8 Å². The van der Waals surface area contributed by atoms with Crippen LogP contribution in [-0.4, -0.2) is 33.4 Å². The van der Waals surface area contributed by atoms with Crippen molar-refractivity contribution in [2.75, 3.05) is 18.9 Å². The highest BCUT2D eigenvalue weighted by molar-refractivity contribution is 5.93. The Morgan fingerprint density at radius 3 is 2.64 bits per heavy atom. The number of alkyl halides is 3. The first-order valence-corrected chi connectivity index (χ1v) is 10.2. The summed E-state index contributed by atoms with van der Waals surface area (Å²) in [6, 6.07) is 13.6. The maximum absolute atomic E-state index is 13.4. The second-order valence-corrected chi connectivity index (χ2v) is 7.95.